The van der Waals surface area contributed by atoms with E-state index in [1.807, 2.05) is 0 Å². The number of benzene rings is 2. The van der Waals surface area contributed by atoms with Gasteiger partial charge in [-0.2, -0.15) is 0 Å². The van der Waals surface area contributed by atoms with Gasteiger partial charge in [-0.3, -0.25) is 0 Å². The number of nitrogens with zero attached hydrogens (tertiary/aromatic N) is 1. The second kappa shape index (κ2) is 9.76. The van der Waals surface area contributed by atoms with Crippen molar-refractivity contribution in [1.29, 1.82) is 0 Å². The zero-order valence-electron chi connectivity index (χ0n) is 14.4. The lowest BCUT2D eigenvalue weighted by atomic mass is 10.0. The number of carbonyl (C=O) groups is 1. The standard InChI is InChI=1S/C19H17Cl3N2O3/c1-2-27-19(26)17(23)14(10-25)18(11-3-5-12(20)6-4-11)24-16-8-7-13(21)9-15(16)22/h3-9,25H,2,10,23H2,1H3. The molecule has 0 radical (unpaired) electrons. The Morgan fingerprint density at radius 2 is 1.74 bits per heavy atom. The van der Waals surface area contributed by atoms with Crippen molar-refractivity contribution in [3.8, 4) is 0 Å². The first-order valence-electron chi connectivity index (χ1n) is 7.94. The summed E-state index contributed by atoms with van der Waals surface area (Å²) in [5.41, 5.74) is 7.05. The van der Waals surface area contributed by atoms with Gasteiger partial charge in [-0.1, -0.05) is 46.9 Å². The number of hydrogen-bond donors (Lipinski definition) is 2. The largest absolute Gasteiger partial charge is 0.461 e. The van der Waals surface area contributed by atoms with Crippen LogP contribution in [-0.2, 0) is 9.53 Å². The normalized spacial score (nSPS) is 12.6. The molecule has 0 aliphatic rings. The van der Waals surface area contributed by atoms with Crippen LogP contribution in [0, 0.1) is 0 Å². The number of ether oxygens (including phenoxy) is 1. The van der Waals surface area contributed by atoms with Gasteiger partial charge in [-0.25, -0.2) is 9.79 Å². The molecule has 0 saturated carbocycles. The molecule has 27 heavy (non-hydrogen) atoms. The minimum atomic E-state index is -0.745. The Kier molecular flexibility index (Phi) is 7.68. The summed E-state index contributed by atoms with van der Waals surface area (Å²) in [5, 5.41) is 11.2. The Labute approximate surface area is 172 Å². The number of hydrogen-bond acceptors (Lipinski definition) is 5. The van der Waals surface area contributed by atoms with E-state index in [-0.39, 0.29) is 23.6 Å². The highest BCUT2D eigenvalue weighted by Crippen LogP contribution is 2.30. The molecule has 8 heteroatoms. The van der Waals surface area contributed by atoms with Crippen molar-refractivity contribution in [3.63, 3.8) is 0 Å². The van der Waals surface area contributed by atoms with E-state index in [9.17, 15) is 9.90 Å². The highest BCUT2D eigenvalue weighted by molar-refractivity contribution is 6.36. The van der Waals surface area contributed by atoms with Gasteiger partial charge < -0.3 is 15.6 Å². The van der Waals surface area contributed by atoms with Crippen molar-refractivity contribution in [1.82, 2.24) is 0 Å². The van der Waals surface area contributed by atoms with Crippen molar-refractivity contribution in [2.75, 3.05) is 13.2 Å². The molecule has 0 aromatic heterocycles. The van der Waals surface area contributed by atoms with E-state index in [1.165, 1.54) is 0 Å². The SMILES string of the molecule is CCOC(=O)C(N)=C(CO)C(=Nc1ccc(Cl)cc1Cl)c1ccc(Cl)cc1. The molecule has 2 aromatic carbocycles. The van der Waals surface area contributed by atoms with Crippen molar-refractivity contribution >= 4 is 52.2 Å². The Bertz CT molecular complexity index is 894. The Morgan fingerprint density at radius 3 is 2.30 bits per heavy atom. The van der Waals surface area contributed by atoms with Crippen molar-refractivity contribution in [3.05, 3.63) is 74.4 Å². The van der Waals surface area contributed by atoms with E-state index < -0.39 is 12.6 Å². The molecule has 0 heterocycles. The fraction of sp³-hybridized carbons (Fsp3) is 0.158. The number of carbonyl (C=O) groups excluding carboxylic acids is 1. The predicted molar refractivity (Wildman–Crippen MR) is 109 cm³/mol. The van der Waals surface area contributed by atoms with E-state index in [1.54, 1.807) is 49.4 Å². The summed E-state index contributed by atoms with van der Waals surface area (Å²) in [6.45, 7) is 1.28. The average Bonchev–Trinajstić information content (AvgIpc) is 2.64. The molecule has 0 spiro atoms. The van der Waals surface area contributed by atoms with Crippen LogP contribution in [0.1, 0.15) is 12.5 Å². The maximum absolute atomic E-state index is 12.1. The third-order valence-corrected chi connectivity index (χ3v) is 4.31. The molecule has 5 nitrogen and oxygen atoms in total. The summed E-state index contributed by atoms with van der Waals surface area (Å²) in [7, 11) is 0. The quantitative estimate of drug-likeness (QED) is 0.403. The molecule has 0 bridgehead atoms. The number of aliphatic hydroxyl groups excluding tert-OH is 1. The van der Waals surface area contributed by atoms with Crippen molar-refractivity contribution in [2.45, 2.75) is 6.92 Å². The van der Waals surface area contributed by atoms with E-state index in [2.05, 4.69) is 4.99 Å². The molecular formula is C19H17Cl3N2O3. The number of aliphatic hydroxyl groups is 1. The van der Waals surface area contributed by atoms with Gasteiger partial charge in [-0.15, -0.1) is 0 Å². The van der Waals surface area contributed by atoms with Crippen LogP contribution in [0.3, 0.4) is 0 Å². The Morgan fingerprint density at radius 1 is 1.11 bits per heavy atom. The number of aliphatic imine (C=N–C) groups is 1. The lowest BCUT2D eigenvalue weighted by Crippen LogP contribution is -2.23. The maximum Gasteiger partial charge on any atom is 0.354 e. The summed E-state index contributed by atoms with van der Waals surface area (Å²) in [5.74, 6) is -0.745. The third-order valence-electron chi connectivity index (χ3n) is 3.52. The molecular weight excluding hydrogens is 411 g/mol. The minimum Gasteiger partial charge on any atom is -0.461 e. The van der Waals surface area contributed by atoms with Gasteiger partial charge in [-0.05, 0) is 37.3 Å². The first-order chi connectivity index (χ1) is 12.9. The molecule has 0 saturated heterocycles. The fourth-order valence-electron chi connectivity index (χ4n) is 2.23. The van der Waals surface area contributed by atoms with Crippen LogP contribution in [0.5, 0.6) is 0 Å². The number of rotatable bonds is 6. The topological polar surface area (TPSA) is 84.9 Å². The zero-order chi connectivity index (χ0) is 20.0. The second-order valence-electron chi connectivity index (χ2n) is 5.33. The van der Waals surface area contributed by atoms with Crippen LogP contribution in [0.25, 0.3) is 0 Å². The average molecular weight is 428 g/mol. The Balaban J connectivity index is 2.68. The molecule has 3 N–H and O–H groups in total. The summed E-state index contributed by atoms with van der Waals surface area (Å²) < 4.78 is 4.93. The summed E-state index contributed by atoms with van der Waals surface area (Å²) in [4.78, 5) is 16.6. The molecule has 0 amide bonds. The van der Waals surface area contributed by atoms with Gasteiger partial charge in [0.05, 0.1) is 29.6 Å². The van der Waals surface area contributed by atoms with Crippen LogP contribution in [0.2, 0.25) is 15.1 Å². The fourth-order valence-corrected chi connectivity index (χ4v) is 2.80. The first-order valence-corrected chi connectivity index (χ1v) is 9.07. The molecule has 0 aliphatic carbocycles. The molecule has 0 unspecified atom stereocenters. The van der Waals surface area contributed by atoms with Gasteiger partial charge in [0.15, 0.2) is 0 Å². The lowest BCUT2D eigenvalue weighted by Gasteiger charge is -2.13. The van der Waals surface area contributed by atoms with E-state index in [4.69, 9.17) is 45.3 Å². The first kappa shape index (κ1) is 21.3. The predicted octanol–water partition coefficient (Wildman–Crippen LogP) is 4.54. The molecule has 0 fully saturated rings. The number of esters is 1. The summed E-state index contributed by atoms with van der Waals surface area (Å²) >= 11 is 18.1. The van der Waals surface area contributed by atoms with Crippen LogP contribution in [-0.4, -0.2) is 30.0 Å². The molecule has 0 atom stereocenters. The monoisotopic (exact) mass is 426 g/mol. The summed E-state index contributed by atoms with van der Waals surface area (Å²) in [6, 6.07) is 11.5. The van der Waals surface area contributed by atoms with E-state index in [0.29, 0.717) is 26.3 Å². The Hall–Kier alpha value is -2.05. The van der Waals surface area contributed by atoms with Crippen LogP contribution >= 0.6 is 34.8 Å². The smallest absolute Gasteiger partial charge is 0.354 e. The van der Waals surface area contributed by atoms with Crippen LogP contribution in [0.4, 0.5) is 5.69 Å². The lowest BCUT2D eigenvalue weighted by molar-refractivity contribution is -0.138. The van der Waals surface area contributed by atoms with Crippen molar-refractivity contribution < 1.29 is 14.6 Å². The maximum atomic E-state index is 12.1. The highest BCUT2D eigenvalue weighted by atomic mass is 35.5. The summed E-state index contributed by atoms with van der Waals surface area (Å²) in [6.07, 6.45) is 0. The van der Waals surface area contributed by atoms with Crippen molar-refractivity contribution in [2.24, 2.45) is 10.7 Å². The minimum absolute atomic E-state index is 0.113. The molecule has 2 aromatic rings. The van der Waals surface area contributed by atoms with Gasteiger partial charge in [0.1, 0.15) is 5.70 Å². The number of nitrogens with two attached hydrogens (primary N) is 1. The van der Waals surface area contributed by atoms with Gasteiger partial charge in [0.2, 0.25) is 0 Å². The second-order valence-corrected chi connectivity index (χ2v) is 6.61. The molecule has 142 valence electrons. The highest BCUT2D eigenvalue weighted by Gasteiger charge is 2.19. The van der Waals surface area contributed by atoms with Crippen LogP contribution in [0.15, 0.2) is 58.7 Å². The van der Waals surface area contributed by atoms with Gasteiger partial charge in [0, 0.05) is 21.2 Å². The number of halogens is 3. The zero-order valence-corrected chi connectivity index (χ0v) is 16.6. The van der Waals surface area contributed by atoms with Gasteiger partial charge in [0.25, 0.3) is 0 Å². The van der Waals surface area contributed by atoms with Gasteiger partial charge >= 0.3 is 5.97 Å². The van der Waals surface area contributed by atoms with Crippen LogP contribution < -0.4 is 5.73 Å². The third kappa shape index (κ3) is 5.47. The van der Waals surface area contributed by atoms with E-state index in [0.717, 1.165) is 0 Å². The molecule has 0 aliphatic heterocycles. The molecule has 2 rings (SSSR count). The van der Waals surface area contributed by atoms with E-state index >= 15 is 0 Å².